The van der Waals surface area contributed by atoms with Gasteiger partial charge in [-0.2, -0.15) is 0 Å². The summed E-state index contributed by atoms with van der Waals surface area (Å²) >= 11 is 0. The Hall–Kier alpha value is -1.36. The van der Waals surface area contributed by atoms with Crippen molar-refractivity contribution >= 4 is 35.8 Å². The molecule has 0 aliphatic carbocycles. The van der Waals surface area contributed by atoms with Crippen LogP contribution in [0, 0.1) is 6.92 Å². The van der Waals surface area contributed by atoms with Crippen molar-refractivity contribution in [3.63, 3.8) is 0 Å². The fourth-order valence-corrected chi connectivity index (χ4v) is 2.68. The van der Waals surface area contributed by atoms with Gasteiger partial charge in [0, 0.05) is 58.9 Å². The molecular formula is C18H33IN6O2. The Morgan fingerprint density at radius 2 is 2.04 bits per heavy atom. The number of nitrogens with one attached hydrogen (secondary N) is 1. The first kappa shape index (κ1) is 23.7. The lowest BCUT2D eigenvalue weighted by Crippen LogP contribution is -2.53. The molecule has 1 atom stereocenters. The number of aliphatic imine (C=N–C) groups is 1. The third-order valence-corrected chi connectivity index (χ3v) is 4.58. The molecule has 1 fully saturated rings. The highest BCUT2D eigenvalue weighted by Gasteiger charge is 2.21. The maximum absolute atomic E-state index is 11.9. The van der Waals surface area contributed by atoms with Crippen LogP contribution in [0.1, 0.15) is 31.7 Å². The van der Waals surface area contributed by atoms with E-state index in [1.54, 1.807) is 19.0 Å². The summed E-state index contributed by atoms with van der Waals surface area (Å²) in [6.45, 7) is 10.7. The molecule has 2 rings (SSSR count). The Bertz CT molecular complexity index is 611. The SMILES string of the molecule is CCC(C)NC(=NCC(=O)N(C)C)N1CCN(Cc2cc(C)on2)CC1.I. The number of amides is 1. The summed E-state index contributed by atoms with van der Waals surface area (Å²) in [6, 6.07) is 2.30. The number of aromatic nitrogens is 1. The molecule has 1 unspecified atom stereocenters. The quantitative estimate of drug-likeness (QED) is 0.369. The summed E-state index contributed by atoms with van der Waals surface area (Å²) in [5.74, 6) is 1.68. The second kappa shape index (κ2) is 11.5. The molecule has 1 saturated heterocycles. The predicted octanol–water partition coefficient (Wildman–Crippen LogP) is 1.55. The number of rotatable bonds is 6. The summed E-state index contributed by atoms with van der Waals surface area (Å²) in [4.78, 5) is 22.6. The van der Waals surface area contributed by atoms with E-state index in [1.165, 1.54) is 0 Å². The van der Waals surface area contributed by atoms with Crippen molar-refractivity contribution in [3.05, 3.63) is 17.5 Å². The van der Waals surface area contributed by atoms with Crippen molar-refractivity contribution in [2.24, 2.45) is 4.99 Å². The van der Waals surface area contributed by atoms with Gasteiger partial charge in [-0.3, -0.25) is 9.69 Å². The molecule has 1 aliphatic rings. The van der Waals surface area contributed by atoms with Gasteiger partial charge in [0.15, 0.2) is 5.96 Å². The standard InChI is InChI=1S/C18H32N6O2.HI/c1-6-14(2)20-18(19-12-17(25)22(4)5)24-9-7-23(8-10-24)13-16-11-15(3)26-21-16;/h11,14H,6-10,12-13H2,1-5H3,(H,19,20);1H. The van der Waals surface area contributed by atoms with Gasteiger partial charge in [-0.15, -0.1) is 24.0 Å². The van der Waals surface area contributed by atoms with Crippen LogP contribution in [0.4, 0.5) is 0 Å². The third kappa shape index (κ3) is 7.65. The van der Waals surface area contributed by atoms with Crippen LogP contribution in [0.2, 0.25) is 0 Å². The minimum atomic E-state index is 0. The van der Waals surface area contributed by atoms with E-state index in [2.05, 4.69) is 39.1 Å². The van der Waals surface area contributed by atoms with E-state index in [9.17, 15) is 4.79 Å². The average molecular weight is 492 g/mol. The van der Waals surface area contributed by atoms with E-state index >= 15 is 0 Å². The van der Waals surface area contributed by atoms with Gasteiger partial charge in [0.05, 0.1) is 5.69 Å². The topological polar surface area (TPSA) is 77.2 Å². The maximum atomic E-state index is 11.9. The fraction of sp³-hybridized carbons (Fsp3) is 0.722. The van der Waals surface area contributed by atoms with Gasteiger partial charge in [0.25, 0.3) is 0 Å². The number of carbonyl (C=O) groups excluding carboxylic acids is 1. The Morgan fingerprint density at radius 1 is 1.37 bits per heavy atom. The zero-order valence-corrected chi connectivity index (χ0v) is 19.4. The molecule has 8 nitrogen and oxygen atoms in total. The zero-order chi connectivity index (χ0) is 19.1. The second-order valence-electron chi connectivity index (χ2n) is 7.07. The van der Waals surface area contributed by atoms with Gasteiger partial charge in [-0.25, -0.2) is 4.99 Å². The highest BCUT2D eigenvalue weighted by Crippen LogP contribution is 2.09. The molecular weight excluding hydrogens is 459 g/mol. The van der Waals surface area contributed by atoms with Gasteiger partial charge in [0.1, 0.15) is 12.3 Å². The Kier molecular flexibility index (Phi) is 10.1. The second-order valence-corrected chi connectivity index (χ2v) is 7.07. The molecule has 0 bridgehead atoms. The molecule has 0 aromatic carbocycles. The number of carbonyl (C=O) groups is 1. The minimum absolute atomic E-state index is 0. The Morgan fingerprint density at radius 3 is 2.56 bits per heavy atom. The number of hydrogen-bond acceptors (Lipinski definition) is 5. The van der Waals surface area contributed by atoms with Crippen molar-refractivity contribution in [3.8, 4) is 0 Å². The normalized spacial score (nSPS) is 16.6. The number of aryl methyl sites for hydroxylation is 1. The van der Waals surface area contributed by atoms with E-state index in [4.69, 9.17) is 4.52 Å². The summed E-state index contributed by atoms with van der Waals surface area (Å²) in [5, 5.41) is 7.53. The Balaban J connectivity index is 0.00000364. The lowest BCUT2D eigenvalue weighted by atomic mass is 10.2. The van der Waals surface area contributed by atoms with Crippen molar-refractivity contribution in [2.75, 3.05) is 46.8 Å². The molecule has 1 amide bonds. The van der Waals surface area contributed by atoms with E-state index in [1.807, 2.05) is 13.0 Å². The van der Waals surface area contributed by atoms with Crippen LogP contribution in [0.25, 0.3) is 0 Å². The van der Waals surface area contributed by atoms with E-state index in [-0.39, 0.29) is 36.4 Å². The van der Waals surface area contributed by atoms with Crippen molar-refractivity contribution in [2.45, 2.75) is 39.8 Å². The monoisotopic (exact) mass is 492 g/mol. The fourth-order valence-electron chi connectivity index (χ4n) is 2.68. The maximum Gasteiger partial charge on any atom is 0.243 e. The molecule has 1 aromatic rings. The molecule has 0 spiro atoms. The van der Waals surface area contributed by atoms with Crippen molar-refractivity contribution in [1.29, 1.82) is 0 Å². The molecule has 1 aromatic heterocycles. The van der Waals surface area contributed by atoms with E-state index in [0.29, 0.717) is 6.04 Å². The van der Waals surface area contributed by atoms with Gasteiger partial charge >= 0.3 is 0 Å². The van der Waals surface area contributed by atoms with Crippen LogP contribution in [-0.4, -0.2) is 84.6 Å². The van der Waals surface area contributed by atoms with E-state index < -0.39 is 0 Å². The molecule has 0 radical (unpaired) electrons. The van der Waals surface area contributed by atoms with Crippen molar-refractivity contribution in [1.82, 2.24) is 25.2 Å². The molecule has 0 saturated carbocycles. The first-order valence-corrected chi connectivity index (χ1v) is 9.29. The lowest BCUT2D eigenvalue weighted by molar-refractivity contribution is -0.127. The first-order chi connectivity index (χ1) is 12.4. The van der Waals surface area contributed by atoms with Crippen LogP contribution in [0.5, 0.6) is 0 Å². The number of piperazine rings is 1. The third-order valence-electron chi connectivity index (χ3n) is 4.58. The van der Waals surface area contributed by atoms with Gasteiger partial charge in [0.2, 0.25) is 5.91 Å². The van der Waals surface area contributed by atoms with Crippen LogP contribution in [0.3, 0.4) is 0 Å². The average Bonchev–Trinajstić information content (AvgIpc) is 3.03. The van der Waals surface area contributed by atoms with Gasteiger partial charge in [-0.05, 0) is 20.3 Å². The molecule has 1 N–H and O–H groups in total. The number of likely N-dealkylation sites (N-methyl/N-ethyl adjacent to an activating group) is 1. The molecule has 9 heteroatoms. The number of hydrogen-bond donors (Lipinski definition) is 1. The van der Waals surface area contributed by atoms with Crippen LogP contribution in [0.15, 0.2) is 15.6 Å². The lowest BCUT2D eigenvalue weighted by Gasteiger charge is -2.37. The first-order valence-electron chi connectivity index (χ1n) is 9.29. The Labute approximate surface area is 179 Å². The van der Waals surface area contributed by atoms with Crippen LogP contribution >= 0.6 is 24.0 Å². The number of halogens is 1. The summed E-state index contributed by atoms with van der Waals surface area (Å²) in [7, 11) is 3.51. The highest BCUT2D eigenvalue weighted by molar-refractivity contribution is 14.0. The van der Waals surface area contributed by atoms with Gasteiger partial charge < -0.3 is 19.6 Å². The molecule has 2 heterocycles. The smallest absolute Gasteiger partial charge is 0.243 e. The van der Waals surface area contributed by atoms with Crippen molar-refractivity contribution < 1.29 is 9.32 Å². The minimum Gasteiger partial charge on any atom is -0.361 e. The van der Waals surface area contributed by atoms with E-state index in [0.717, 1.165) is 56.6 Å². The number of nitrogens with zero attached hydrogens (tertiary/aromatic N) is 5. The predicted molar refractivity (Wildman–Crippen MR) is 117 cm³/mol. The van der Waals surface area contributed by atoms with Gasteiger partial charge in [-0.1, -0.05) is 12.1 Å². The summed E-state index contributed by atoms with van der Waals surface area (Å²) in [6.07, 6.45) is 1.01. The molecule has 1 aliphatic heterocycles. The summed E-state index contributed by atoms with van der Waals surface area (Å²) < 4.78 is 5.14. The summed E-state index contributed by atoms with van der Waals surface area (Å²) in [5.41, 5.74) is 0.971. The molecule has 154 valence electrons. The zero-order valence-electron chi connectivity index (χ0n) is 17.1. The largest absolute Gasteiger partial charge is 0.361 e. The van der Waals surface area contributed by atoms with Crippen LogP contribution in [-0.2, 0) is 11.3 Å². The molecule has 27 heavy (non-hydrogen) atoms. The number of guanidine groups is 1. The highest BCUT2D eigenvalue weighted by atomic mass is 127. The van der Waals surface area contributed by atoms with Crippen LogP contribution < -0.4 is 5.32 Å².